The third-order valence-electron chi connectivity index (χ3n) is 5.53. The summed E-state index contributed by atoms with van der Waals surface area (Å²) in [5.41, 5.74) is 2.45. The standard InChI is InChI=1S/C24H26N4O3/c1-17-6-5-7-20(22(17)24(30)28-13-3-4-14-28)26-23(29)18-8-10-19(11-9-18)31-16-21-25-12-15-27(21)2/h5-12,15H,3-4,13-14,16H2,1-2H3,(H,26,29). The third kappa shape index (κ3) is 4.60. The van der Waals surface area contributed by atoms with Crippen LogP contribution < -0.4 is 10.1 Å². The van der Waals surface area contributed by atoms with E-state index in [4.69, 9.17) is 4.74 Å². The van der Waals surface area contributed by atoms with E-state index in [9.17, 15) is 9.59 Å². The number of aromatic nitrogens is 2. The van der Waals surface area contributed by atoms with Gasteiger partial charge in [-0.3, -0.25) is 9.59 Å². The maximum Gasteiger partial charge on any atom is 0.256 e. The molecule has 0 radical (unpaired) electrons. The number of hydrogen-bond acceptors (Lipinski definition) is 4. The fourth-order valence-corrected chi connectivity index (χ4v) is 3.71. The average Bonchev–Trinajstić information content (AvgIpc) is 3.44. The van der Waals surface area contributed by atoms with E-state index in [0.717, 1.165) is 37.3 Å². The van der Waals surface area contributed by atoms with Crippen molar-refractivity contribution in [3.8, 4) is 5.75 Å². The Morgan fingerprint density at radius 3 is 2.52 bits per heavy atom. The minimum absolute atomic E-state index is 0.0241. The zero-order chi connectivity index (χ0) is 21.8. The Balaban J connectivity index is 1.45. The number of carbonyl (C=O) groups excluding carboxylic acids is 2. The second kappa shape index (κ2) is 9.04. The van der Waals surface area contributed by atoms with Gasteiger partial charge in [0.1, 0.15) is 18.2 Å². The van der Waals surface area contributed by atoms with Gasteiger partial charge in [-0.2, -0.15) is 0 Å². The van der Waals surface area contributed by atoms with Crippen LogP contribution in [0.2, 0.25) is 0 Å². The largest absolute Gasteiger partial charge is 0.486 e. The topological polar surface area (TPSA) is 76.5 Å². The molecule has 4 rings (SSSR count). The summed E-state index contributed by atoms with van der Waals surface area (Å²) >= 11 is 0. The highest BCUT2D eigenvalue weighted by Gasteiger charge is 2.24. The molecule has 0 spiro atoms. The molecule has 1 aromatic heterocycles. The summed E-state index contributed by atoms with van der Waals surface area (Å²) in [4.78, 5) is 31.9. The van der Waals surface area contributed by atoms with Gasteiger partial charge in [0.15, 0.2) is 0 Å². The van der Waals surface area contributed by atoms with Crippen molar-refractivity contribution in [2.75, 3.05) is 18.4 Å². The molecule has 0 bridgehead atoms. The predicted molar refractivity (Wildman–Crippen MR) is 118 cm³/mol. The Hall–Kier alpha value is -3.61. The van der Waals surface area contributed by atoms with Gasteiger partial charge in [-0.25, -0.2) is 4.98 Å². The maximum atomic E-state index is 13.0. The van der Waals surface area contributed by atoms with E-state index in [1.54, 1.807) is 36.5 Å². The number of hydrogen-bond donors (Lipinski definition) is 1. The number of imidazole rings is 1. The van der Waals surface area contributed by atoms with E-state index in [1.807, 2.05) is 41.8 Å². The highest BCUT2D eigenvalue weighted by atomic mass is 16.5. The smallest absolute Gasteiger partial charge is 0.256 e. The van der Waals surface area contributed by atoms with Crippen molar-refractivity contribution >= 4 is 17.5 Å². The summed E-state index contributed by atoms with van der Waals surface area (Å²) in [5.74, 6) is 1.18. The summed E-state index contributed by atoms with van der Waals surface area (Å²) in [6.45, 7) is 3.77. The van der Waals surface area contributed by atoms with Gasteiger partial charge in [-0.05, 0) is 55.7 Å². The van der Waals surface area contributed by atoms with E-state index in [-0.39, 0.29) is 11.8 Å². The van der Waals surface area contributed by atoms with Crippen molar-refractivity contribution in [1.82, 2.24) is 14.5 Å². The number of ether oxygens (including phenoxy) is 1. The summed E-state index contributed by atoms with van der Waals surface area (Å²) < 4.78 is 7.64. The van der Waals surface area contributed by atoms with Crippen LogP contribution in [0.4, 0.5) is 5.69 Å². The number of carbonyl (C=O) groups is 2. The molecule has 7 nitrogen and oxygen atoms in total. The number of rotatable bonds is 6. The summed E-state index contributed by atoms with van der Waals surface area (Å²) in [6, 6.07) is 12.4. The molecule has 0 aliphatic carbocycles. The van der Waals surface area contributed by atoms with Crippen molar-refractivity contribution in [2.45, 2.75) is 26.4 Å². The van der Waals surface area contributed by atoms with Gasteiger partial charge in [-0.1, -0.05) is 12.1 Å². The van der Waals surface area contributed by atoms with E-state index >= 15 is 0 Å². The van der Waals surface area contributed by atoms with E-state index < -0.39 is 0 Å². The first-order chi connectivity index (χ1) is 15.0. The van der Waals surface area contributed by atoms with E-state index in [0.29, 0.717) is 29.2 Å². The SMILES string of the molecule is Cc1cccc(NC(=O)c2ccc(OCc3nccn3C)cc2)c1C(=O)N1CCCC1. The number of benzene rings is 2. The van der Waals surface area contributed by atoms with Crippen molar-refractivity contribution in [3.63, 3.8) is 0 Å². The van der Waals surface area contributed by atoms with Crippen molar-refractivity contribution in [1.29, 1.82) is 0 Å². The minimum Gasteiger partial charge on any atom is -0.486 e. The first-order valence-corrected chi connectivity index (χ1v) is 10.4. The molecule has 1 aliphatic heterocycles. The number of nitrogens with one attached hydrogen (secondary N) is 1. The molecule has 1 aliphatic rings. The van der Waals surface area contributed by atoms with Gasteiger partial charge in [0.2, 0.25) is 0 Å². The molecule has 31 heavy (non-hydrogen) atoms. The maximum absolute atomic E-state index is 13.0. The summed E-state index contributed by atoms with van der Waals surface area (Å²) in [5, 5.41) is 2.91. The molecular weight excluding hydrogens is 392 g/mol. The number of anilines is 1. The number of nitrogens with zero attached hydrogens (tertiary/aromatic N) is 3. The zero-order valence-corrected chi connectivity index (χ0v) is 17.8. The average molecular weight is 418 g/mol. The molecule has 1 N–H and O–H groups in total. The molecule has 3 aromatic rings. The van der Waals surface area contributed by atoms with Gasteiger partial charge >= 0.3 is 0 Å². The molecule has 2 heterocycles. The normalized spacial score (nSPS) is 13.3. The van der Waals surface area contributed by atoms with Crippen LogP contribution in [0.25, 0.3) is 0 Å². The molecule has 7 heteroatoms. The summed E-state index contributed by atoms with van der Waals surface area (Å²) in [6.07, 6.45) is 5.63. The van der Waals surface area contributed by atoms with Crippen LogP contribution in [-0.4, -0.2) is 39.4 Å². The van der Waals surface area contributed by atoms with Crippen LogP contribution in [0.3, 0.4) is 0 Å². The lowest BCUT2D eigenvalue weighted by atomic mass is 10.0. The Bertz CT molecular complexity index is 1080. The van der Waals surface area contributed by atoms with Gasteiger partial charge in [0.25, 0.3) is 11.8 Å². The fraction of sp³-hybridized carbons (Fsp3) is 0.292. The second-order valence-corrected chi connectivity index (χ2v) is 7.72. The molecule has 1 fully saturated rings. The van der Waals surface area contributed by atoms with Crippen LogP contribution in [-0.2, 0) is 13.7 Å². The van der Waals surface area contributed by atoms with Crippen LogP contribution in [0, 0.1) is 6.92 Å². The Morgan fingerprint density at radius 1 is 1.10 bits per heavy atom. The lowest BCUT2D eigenvalue weighted by molar-refractivity contribution is 0.0793. The molecular formula is C24H26N4O3. The number of aryl methyl sites for hydroxylation is 2. The van der Waals surface area contributed by atoms with Crippen LogP contribution >= 0.6 is 0 Å². The highest BCUT2D eigenvalue weighted by molar-refractivity contribution is 6.09. The molecule has 1 saturated heterocycles. The Labute approximate surface area is 181 Å². The first kappa shape index (κ1) is 20.7. The van der Waals surface area contributed by atoms with Gasteiger partial charge < -0.3 is 19.5 Å². The minimum atomic E-state index is -0.267. The van der Waals surface area contributed by atoms with Crippen LogP contribution in [0.1, 0.15) is 44.9 Å². The van der Waals surface area contributed by atoms with Crippen molar-refractivity contribution in [2.24, 2.45) is 7.05 Å². The zero-order valence-electron chi connectivity index (χ0n) is 17.8. The monoisotopic (exact) mass is 418 g/mol. The second-order valence-electron chi connectivity index (χ2n) is 7.72. The molecule has 0 saturated carbocycles. The van der Waals surface area contributed by atoms with Crippen molar-refractivity contribution < 1.29 is 14.3 Å². The quantitative estimate of drug-likeness (QED) is 0.661. The van der Waals surface area contributed by atoms with Crippen LogP contribution in [0.5, 0.6) is 5.75 Å². The van der Waals surface area contributed by atoms with Gasteiger partial charge in [-0.15, -0.1) is 0 Å². The molecule has 2 aromatic carbocycles. The number of likely N-dealkylation sites (tertiary alicyclic amines) is 1. The van der Waals surface area contributed by atoms with Gasteiger partial charge in [0.05, 0.1) is 11.3 Å². The van der Waals surface area contributed by atoms with Gasteiger partial charge in [0, 0.05) is 38.1 Å². The van der Waals surface area contributed by atoms with E-state index in [1.165, 1.54) is 0 Å². The van der Waals surface area contributed by atoms with Crippen LogP contribution in [0.15, 0.2) is 54.9 Å². The lowest BCUT2D eigenvalue weighted by Gasteiger charge is -2.19. The molecule has 160 valence electrons. The third-order valence-corrected chi connectivity index (χ3v) is 5.53. The fourth-order valence-electron chi connectivity index (χ4n) is 3.71. The van der Waals surface area contributed by atoms with E-state index in [2.05, 4.69) is 10.3 Å². The molecule has 2 amide bonds. The lowest BCUT2D eigenvalue weighted by Crippen LogP contribution is -2.29. The van der Waals surface area contributed by atoms with Crippen molar-refractivity contribution in [3.05, 3.63) is 77.4 Å². The summed E-state index contributed by atoms with van der Waals surface area (Å²) in [7, 11) is 1.91. The highest BCUT2D eigenvalue weighted by Crippen LogP contribution is 2.24. The Kier molecular flexibility index (Phi) is 6.02. The molecule has 0 atom stereocenters. The first-order valence-electron chi connectivity index (χ1n) is 10.4. The number of amides is 2. The molecule has 0 unspecified atom stereocenters. The predicted octanol–water partition coefficient (Wildman–Crippen LogP) is 3.80. The Morgan fingerprint density at radius 2 is 1.84 bits per heavy atom.